The minimum atomic E-state index is -0.279. The predicted octanol–water partition coefficient (Wildman–Crippen LogP) is 3.90. The van der Waals surface area contributed by atoms with Crippen molar-refractivity contribution in [3.05, 3.63) is 70.9 Å². The molecule has 3 rings (SSSR count). The van der Waals surface area contributed by atoms with Crippen molar-refractivity contribution >= 4 is 28.8 Å². The summed E-state index contributed by atoms with van der Waals surface area (Å²) in [6.07, 6.45) is 1.90. The van der Waals surface area contributed by atoms with E-state index in [9.17, 15) is 9.59 Å². The first-order valence-electron chi connectivity index (χ1n) is 8.53. The number of benzene rings is 2. The van der Waals surface area contributed by atoms with Crippen LogP contribution in [0.25, 0.3) is 10.9 Å². The lowest BCUT2D eigenvalue weighted by atomic mass is 10.1. The second-order valence-corrected chi connectivity index (χ2v) is 6.29. The topological polar surface area (TPSA) is 74.3 Å². The number of H-pyrrole nitrogens is 1. The largest absolute Gasteiger partial charge is 0.358 e. The highest BCUT2D eigenvalue weighted by molar-refractivity contribution is 6.01. The van der Waals surface area contributed by atoms with Crippen molar-refractivity contribution in [2.24, 2.45) is 5.10 Å². The molecule has 2 aromatic carbocycles. The number of aromatic amines is 1. The molecule has 5 heteroatoms. The summed E-state index contributed by atoms with van der Waals surface area (Å²) in [5, 5.41) is 5.08. The van der Waals surface area contributed by atoms with E-state index >= 15 is 0 Å². The summed E-state index contributed by atoms with van der Waals surface area (Å²) >= 11 is 0. The number of nitrogens with zero attached hydrogens (tertiary/aromatic N) is 1. The zero-order valence-electron chi connectivity index (χ0n) is 14.9. The summed E-state index contributed by atoms with van der Waals surface area (Å²) in [5.74, 6) is -0.323. The zero-order chi connectivity index (χ0) is 18.5. The Morgan fingerprint density at radius 3 is 2.54 bits per heavy atom. The van der Waals surface area contributed by atoms with Gasteiger partial charge in [-0.05, 0) is 19.9 Å². The normalized spacial score (nSPS) is 11.2. The maximum atomic E-state index is 12.1. The van der Waals surface area contributed by atoms with Crippen LogP contribution in [-0.4, -0.2) is 22.9 Å². The average molecular weight is 347 g/mol. The van der Waals surface area contributed by atoms with Crippen LogP contribution in [0, 0.1) is 13.8 Å². The van der Waals surface area contributed by atoms with Gasteiger partial charge < -0.3 is 4.98 Å². The van der Waals surface area contributed by atoms with Gasteiger partial charge in [0.1, 0.15) is 0 Å². The van der Waals surface area contributed by atoms with Crippen LogP contribution < -0.4 is 5.43 Å². The van der Waals surface area contributed by atoms with Gasteiger partial charge in [0.15, 0.2) is 5.78 Å². The third-order valence-electron chi connectivity index (χ3n) is 4.28. The maximum absolute atomic E-state index is 12.1. The number of carbonyl (C=O) groups is 2. The van der Waals surface area contributed by atoms with Crippen LogP contribution in [0.2, 0.25) is 0 Å². The second kappa shape index (κ2) is 7.78. The Balaban J connectivity index is 1.55. The molecule has 26 heavy (non-hydrogen) atoms. The fourth-order valence-corrected chi connectivity index (χ4v) is 2.80. The van der Waals surface area contributed by atoms with E-state index in [-0.39, 0.29) is 24.5 Å². The number of carbonyl (C=O) groups excluding carboxylic acids is 2. The number of nitrogens with one attached hydrogen (secondary N) is 2. The molecule has 1 heterocycles. The van der Waals surface area contributed by atoms with Crippen molar-refractivity contribution in [3.63, 3.8) is 0 Å². The maximum Gasteiger partial charge on any atom is 0.240 e. The van der Waals surface area contributed by atoms with Gasteiger partial charge in [-0.25, -0.2) is 5.43 Å². The Morgan fingerprint density at radius 1 is 1.04 bits per heavy atom. The number of hydrogen-bond donors (Lipinski definition) is 2. The highest BCUT2D eigenvalue weighted by atomic mass is 16.2. The standard InChI is InChI=1S/C21H21N3O2/c1-14-7-9-16(10-8-14)20(25)11-12-21(26)24-22-13-18-15(2)23-19-6-4-3-5-17(18)19/h3-10,13,23H,11-12H2,1-2H3,(H,24,26)/b22-13+. The van der Waals surface area contributed by atoms with Gasteiger partial charge in [-0.2, -0.15) is 5.10 Å². The molecule has 2 N–H and O–H groups in total. The van der Waals surface area contributed by atoms with Crippen LogP contribution in [0.15, 0.2) is 53.6 Å². The van der Waals surface area contributed by atoms with Gasteiger partial charge in [0, 0.05) is 40.6 Å². The number of hydrogen-bond acceptors (Lipinski definition) is 3. The molecule has 0 aliphatic carbocycles. The van der Waals surface area contributed by atoms with Crippen molar-refractivity contribution < 1.29 is 9.59 Å². The summed E-state index contributed by atoms with van der Waals surface area (Å²) in [6.45, 7) is 3.93. The second-order valence-electron chi connectivity index (χ2n) is 6.29. The predicted molar refractivity (Wildman–Crippen MR) is 104 cm³/mol. The van der Waals surface area contributed by atoms with Crippen LogP contribution in [0.1, 0.15) is 40.0 Å². The van der Waals surface area contributed by atoms with Gasteiger partial charge >= 0.3 is 0 Å². The quantitative estimate of drug-likeness (QED) is 0.403. The highest BCUT2D eigenvalue weighted by Gasteiger charge is 2.09. The summed E-state index contributed by atoms with van der Waals surface area (Å²) in [4.78, 5) is 27.3. The number of hydrazone groups is 1. The van der Waals surface area contributed by atoms with Gasteiger partial charge in [0.25, 0.3) is 0 Å². The van der Waals surface area contributed by atoms with E-state index in [1.165, 1.54) is 0 Å². The first-order chi connectivity index (χ1) is 12.5. The third-order valence-corrected chi connectivity index (χ3v) is 4.28. The molecule has 0 aliphatic rings. The lowest BCUT2D eigenvalue weighted by Gasteiger charge is -2.02. The Labute approximate surface area is 152 Å². The Hall–Kier alpha value is -3.21. The fraction of sp³-hybridized carbons (Fsp3) is 0.190. The number of fused-ring (bicyclic) bond motifs is 1. The minimum Gasteiger partial charge on any atom is -0.358 e. The summed E-state index contributed by atoms with van der Waals surface area (Å²) < 4.78 is 0. The van der Waals surface area contributed by atoms with Gasteiger partial charge in [-0.3, -0.25) is 9.59 Å². The monoisotopic (exact) mass is 347 g/mol. The number of aryl methyl sites for hydroxylation is 2. The molecule has 0 atom stereocenters. The molecule has 0 saturated carbocycles. The Bertz CT molecular complexity index is 969. The summed E-state index contributed by atoms with van der Waals surface area (Å²) in [5.41, 5.74) is 7.17. The molecule has 5 nitrogen and oxygen atoms in total. The lowest BCUT2D eigenvalue weighted by Crippen LogP contribution is -2.18. The molecule has 3 aromatic rings. The molecule has 0 spiro atoms. The van der Waals surface area contributed by atoms with Crippen molar-refractivity contribution in [1.82, 2.24) is 10.4 Å². The number of rotatable bonds is 6. The summed E-state index contributed by atoms with van der Waals surface area (Å²) in [6, 6.07) is 15.3. The minimum absolute atomic E-state index is 0.0448. The average Bonchev–Trinajstić information content (AvgIpc) is 2.96. The first-order valence-corrected chi connectivity index (χ1v) is 8.53. The highest BCUT2D eigenvalue weighted by Crippen LogP contribution is 2.19. The molecule has 0 unspecified atom stereocenters. The van der Waals surface area contributed by atoms with E-state index < -0.39 is 0 Å². The molecule has 0 aliphatic heterocycles. The van der Waals surface area contributed by atoms with Crippen LogP contribution in [-0.2, 0) is 4.79 Å². The fourth-order valence-electron chi connectivity index (χ4n) is 2.80. The van der Waals surface area contributed by atoms with Gasteiger partial charge in [0.2, 0.25) is 5.91 Å². The Kier molecular flexibility index (Phi) is 5.27. The SMILES string of the molecule is Cc1ccc(C(=O)CCC(=O)N/N=C/c2c(C)[nH]c3ccccc23)cc1. The third kappa shape index (κ3) is 4.06. The van der Waals surface area contributed by atoms with Crippen LogP contribution in [0.5, 0.6) is 0 Å². The van der Waals surface area contributed by atoms with Crippen molar-refractivity contribution in [3.8, 4) is 0 Å². The smallest absolute Gasteiger partial charge is 0.240 e. The number of aromatic nitrogens is 1. The molecule has 0 bridgehead atoms. The number of para-hydroxylation sites is 1. The molecular formula is C21H21N3O2. The number of amides is 1. The van der Waals surface area contributed by atoms with Gasteiger partial charge in [0.05, 0.1) is 6.21 Å². The van der Waals surface area contributed by atoms with E-state index in [0.717, 1.165) is 27.7 Å². The Morgan fingerprint density at radius 2 is 1.77 bits per heavy atom. The first kappa shape index (κ1) is 17.6. The van der Waals surface area contributed by atoms with E-state index in [0.29, 0.717) is 5.56 Å². The van der Waals surface area contributed by atoms with E-state index in [1.807, 2.05) is 50.2 Å². The van der Waals surface area contributed by atoms with Crippen LogP contribution in [0.4, 0.5) is 0 Å². The molecule has 0 fully saturated rings. The molecule has 0 radical (unpaired) electrons. The van der Waals surface area contributed by atoms with E-state index in [4.69, 9.17) is 0 Å². The summed E-state index contributed by atoms with van der Waals surface area (Å²) in [7, 11) is 0. The molecule has 1 aromatic heterocycles. The van der Waals surface area contributed by atoms with E-state index in [2.05, 4.69) is 15.5 Å². The van der Waals surface area contributed by atoms with Crippen LogP contribution >= 0.6 is 0 Å². The lowest BCUT2D eigenvalue weighted by molar-refractivity contribution is -0.121. The molecule has 0 saturated heterocycles. The van der Waals surface area contributed by atoms with Gasteiger partial charge in [-0.1, -0.05) is 48.0 Å². The number of Topliss-reactive ketones (excluding diaryl/α,β-unsaturated/α-hetero) is 1. The number of ketones is 1. The van der Waals surface area contributed by atoms with E-state index in [1.54, 1.807) is 18.3 Å². The zero-order valence-corrected chi connectivity index (χ0v) is 14.9. The van der Waals surface area contributed by atoms with Gasteiger partial charge in [-0.15, -0.1) is 0 Å². The van der Waals surface area contributed by atoms with Crippen molar-refractivity contribution in [2.45, 2.75) is 26.7 Å². The molecular weight excluding hydrogens is 326 g/mol. The van der Waals surface area contributed by atoms with Crippen molar-refractivity contribution in [2.75, 3.05) is 0 Å². The van der Waals surface area contributed by atoms with Crippen molar-refractivity contribution in [1.29, 1.82) is 0 Å². The molecule has 1 amide bonds. The molecule has 132 valence electrons. The van der Waals surface area contributed by atoms with Crippen LogP contribution in [0.3, 0.4) is 0 Å².